The molecular formula is C14H17ClO2. The van der Waals surface area contributed by atoms with Gasteiger partial charge in [0, 0.05) is 12.3 Å². The number of alkyl halides is 1. The fourth-order valence-corrected chi connectivity index (χ4v) is 3.00. The van der Waals surface area contributed by atoms with Crippen LogP contribution in [-0.2, 0) is 5.41 Å². The van der Waals surface area contributed by atoms with Gasteiger partial charge in [0.2, 0.25) is 0 Å². The van der Waals surface area contributed by atoms with Gasteiger partial charge in [-0.1, -0.05) is 13.0 Å². The van der Waals surface area contributed by atoms with Crippen molar-refractivity contribution < 1.29 is 9.47 Å². The standard InChI is InChI=1S/C14H17ClO2/c1-14(8-11(14)9-15)10-3-4-12-13(7-10)17-6-2-5-16-12/h3-4,7,11H,2,5-6,8-9H2,1H3. The molecule has 3 rings (SSSR count). The number of rotatable bonds is 2. The van der Waals surface area contributed by atoms with E-state index in [2.05, 4.69) is 19.1 Å². The lowest BCUT2D eigenvalue weighted by molar-refractivity contribution is 0.297. The molecule has 1 aliphatic carbocycles. The van der Waals surface area contributed by atoms with Crippen LogP contribution in [0.2, 0.25) is 0 Å². The number of ether oxygens (including phenoxy) is 2. The van der Waals surface area contributed by atoms with Gasteiger partial charge in [0.25, 0.3) is 0 Å². The van der Waals surface area contributed by atoms with Gasteiger partial charge in [-0.3, -0.25) is 0 Å². The second-order valence-electron chi connectivity index (χ2n) is 5.18. The molecule has 2 unspecified atom stereocenters. The minimum absolute atomic E-state index is 0.243. The van der Waals surface area contributed by atoms with Gasteiger partial charge in [-0.25, -0.2) is 0 Å². The van der Waals surface area contributed by atoms with Crippen molar-refractivity contribution in [2.75, 3.05) is 19.1 Å². The van der Waals surface area contributed by atoms with Crippen molar-refractivity contribution in [2.24, 2.45) is 5.92 Å². The molecule has 2 nitrogen and oxygen atoms in total. The van der Waals surface area contributed by atoms with Gasteiger partial charge >= 0.3 is 0 Å². The summed E-state index contributed by atoms with van der Waals surface area (Å²) < 4.78 is 11.4. The molecule has 0 N–H and O–H groups in total. The first kappa shape index (κ1) is 11.2. The van der Waals surface area contributed by atoms with E-state index in [1.54, 1.807) is 0 Å². The van der Waals surface area contributed by atoms with Crippen molar-refractivity contribution in [1.82, 2.24) is 0 Å². The maximum Gasteiger partial charge on any atom is 0.161 e. The lowest BCUT2D eigenvalue weighted by Gasteiger charge is -2.14. The zero-order valence-electron chi connectivity index (χ0n) is 10.0. The summed E-state index contributed by atoms with van der Waals surface area (Å²) in [5, 5.41) is 0. The van der Waals surface area contributed by atoms with E-state index in [-0.39, 0.29) is 5.41 Å². The average molecular weight is 253 g/mol. The monoisotopic (exact) mass is 252 g/mol. The van der Waals surface area contributed by atoms with Gasteiger partial charge in [0.05, 0.1) is 13.2 Å². The molecule has 1 fully saturated rings. The summed E-state index contributed by atoms with van der Waals surface area (Å²) >= 11 is 5.95. The van der Waals surface area contributed by atoms with Crippen LogP contribution in [0.15, 0.2) is 18.2 Å². The molecule has 92 valence electrons. The van der Waals surface area contributed by atoms with Crippen LogP contribution in [0.3, 0.4) is 0 Å². The molecule has 0 aromatic heterocycles. The molecular weight excluding hydrogens is 236 g/mol. The van der Waals surface area contributed by atoms with E-state index in [1.165, 1.54) is 12.0 Å². The fraction of sp³-hybridized carbons (Fsp3) is 0.571. The number of hydrogen-bond donors (Lipinski definition) is 0. The minimum Gasteiger partial charge on any atom is -0.490 e. The molecule has 0 saturated heterocycles. The molecule has 1 aliphatic heterocycles. The van der Waals surface area contributed by atoms with E-state index >= 15 is 0 Å². The van der Waals surface area contributed by atoms with Crippen LogP contribution >= 0.6 is 11.6 Å². The number of hydrogen-bond acceptors (Lipinski definition) is 2. The Kier molecular flexibility index (Phi) is 2.70. The molecule has 1 heterocycles. The Morgan fingerprint density at radius 3 is 2.76 bits per heavy atom. The molecule has 2 aliphatic rings. The summed E-state index contributed by atoms with van der Waals surface area (Å²) in [4.78, 5) is 0. The van der Waals surface area contributed by atoms with Crippen LogP contribution < -0.4 is 9.47 Å². The maximum absolute atomic E-state index is 5.95. The summed E-state index contributed by atoms with van der Waals surface area (Å²) in [5.74, 6) is 3.11. The van der Waals surface area contributed by atoms with E-state index in [0.29, 0.717) is 5.92 Å². The SMILES string of the molecule is CC1(c2ccc3c(c2)OCCCO3)CC1CCl. The highest BCUT2D eigenvalue weighted by molar-refractivity contribution is 6.18. The first-order valence-electron chi connectivity index (χ1n) is 6.20. The molecule has 2 atom stereocenters. The van der Waals surface area contributed by atoms with Crippen molar-refractivity contribution in [3.05, 3.63) is 23.8 Å². The Hall–Kier alpha value is -0.890. The fourth-order valence-electron chi connectivity index (χ4n) is 2.55. The van der Waals surface area contributed by atoms with Gasteiger partial charge in [0.1, 0.15) is 0 Å². The quantitative estimate of drug-likeness (QED) is 0.752. The lowest BCUT2D eigenvalue weighted by atomic mass is 9.95. The zero-order chi connectivity index (χ0) is 11.9. The highest BCUT2D eigenvalue weighted by atomic mass is 35.5. The van der Waals surface area contributed by atoms with Crippen molar-refractivity contribution in [1.29, 1.82) is 0 Å². The zero-order valence-corrected chi connectivity index (χ0v) is 10.8. The van der Waals surface area contributed by atoms with Crippen LogP contribution in [0.5, 0.6) is 11.5 Å². The topological polar surface area (TPSA) is 18.5 Å². The molecule has 3 heteroatoms. The second kappa shape index (κ2) is 4.09. The molecule has 1 saturated carbocycles. The third-order valence-corrected chi connectivity index (χ3v) is 4.38. The van der Waals surface area contributed by atoms with E-state index in [4.69, 9.17) is 21.1 Å². The average Bonchev–Trinajstić information content (AvgIpc) is 3.07. The van der Waals surface area contributed by atoms with Crippen LogP contribution in [0, 0.1) is 5.92 Å². The Morgan fingerprint density at radius 1 is 1.29 bits per heavy atom. The van der Waals surface area contributed by atoms with E-state index in [1.807, 2.05) is 6.07 Å². The Balaban J connectivity index is 1.91. The second-order valence-corrected chi connectivity index (χ2v) is 5.49. The predicted octanol–water partition coefficient (Wildman–Crippen LogP) is 3.36. The minimum atomic E-state index is 0.243. The molecule has 1 aromatic rings. The largest absolute Gasteiger partial charge is 0.490 e. The van der Waals surface area contributed by atoms with Gasteiger partial charge in [-0.05, 0) is 35.4 Å². The third kappa shape index (κ3) is 1.89. The van der Waals surface area contributed by atoms with Gasteiger partial charge in [0.15, 0.2) is 11.5 Å². The van der Waals surface area contributed by atoms with Crippen molar-refractivity contribution in [3.8, 4) is 11.5 Å². The molecule has 0 radical (unpaired) electrons. The van der Waals surface area contributed by atoms with Gasteiger partial charge in [-0.15, -0.1) is 11.6 Å². The van der Waals surface area contributed by atoms with Gasteiger partial charge in [-0.2, -0.15) is 0 Å². The molecule has 0 bridgehead atoms. The van der Waals surface area contributed by atoms with Crippen LogP contribution in [0.4, 0.5) is 0 Å². The van der Waals surface area contributed by atoms with Crippen molar-refractivity contribution in [3.63, 3.8) is 0 Å². The molecule has 0 amide bonds. The normalized spacial score (nSPS) is 30.8. The number of benzene rings is 1. The number of fused-ring (bicyclic) bond motifs is 1. The molecule has 1 aromatic carbocycles. The maximum atomic E-state index is 5.95. The van der Waals surface area contributed by atoms with E-state index in [9.17, 15) is 0 Å². The first-order chi connectivity index (χ1) is 8.24. The van der Waals surface area contributed by atoms with E-state index < -0.39 is 0 Å². The van der Waals surface area contributed by atoms with Crippen molar-refractivity contribution >= 4 is 11.6 Å². The molecule has 17 heavy (non-hydrogen) atoms. The first-order valence-corrected chi connectivity index (χ1v) is 6.73. The van der Waals surface area contributed by atoms with Crippen LogP contribution in [0.25, 0.3) is 0 Å². The summed E-state index contributed by atoms with van der Waals surface area (Å²) in [6, 6.07) is 6.32. The summed E-state index contributed by atoms with van der Waals surface area (Å²) in [7, 11) is 0. The number of halogens is 1. The molecule has 0 spiro atoms. The van der Waals surface area contributed by atoms with Crippen LogP contribution in [-0.4, -0.2) is 19.1 Å². The highest BCUT2D eigenvalue weighted by Gasteiger charge is 2.50. The van der Waals surface area contributed by atoms with Crippen molar-refractivity contribution in [2.45, 2.75) is 25.2 Å². The van der Waals surface area contributed by atoms with E-state index in [0.717, 1.165) is 37.0 Å². The Labute approximate surface area is 107 Å². The third-order valence-electron chi connectivity index (χ3n) is 4.00. The lowest BCUT2D eigenvalue weighted by Crippen LogP contribution is -2.06. The summed E-state index contributed by atoms with van der Waals surface area (Å²) in [5.41, 5.74) is 1.57. The Morgan fingerprint density at radius 2 is 2.06 bits per heavy atom. The smallest absolute Gasteiger partial charge is 0.161 e. The highest BCUT2D eigenvalue weighted by Crippen LogP contribution is 2.55. The van der Waals surface area contributed by atoms with Gasteiger partial charge < -0.3 is 9.47 Å². The van der Waals surface area contributed by atoms with Crippen LogP contribution in [0.1, 0.15) is 25.3 Å². The predicted molar refractivity (Wildman–Crippen MR) is 68.2 cm³/mol. The Bertz CT molecular complexity index is 432. The summed E-state index contributed by atoms with van der Waals surface area (Å²) in [6.07, 6.45) is 2.13. The summed E-state index contributed by atoms with van der Waals surface area (Å²) in [6.45, 7) is 3.76.